The lowest BCUT2D eigenvalue weighted by Gasteiger charge is -2.40. The zero-order chi connectivity index (χ0) is 29.1. The molecule has 3 aromatic rings. The van der Waals surface area contributed by atoms with Gasteiger partial charge in [0.15, 0.2) is 0 Å². The molecule has 3 heterocycles. The predicted molar refractivity (Wildman–Crippen MR) is 150 cm³/mol. The third-order valence-electron chi connectivity index (χ3n) is 8.18. The SMILES string of the molecule is Cc1onc(-c2ccccc2Cl)c1C(=O)N1CCC(C2CCN(C(=O)C=Cc3cccc(C(F)(F)F)c3)CC2)CC1. The van der Waals surface area contributed by atoms with Crippen LogP contribution in [0.15, 0.2) is 59.1 Å². The minimum absolute atomic E-state index is 0.106. The Morgan fingerprint density at radius 1 is 0.951 bits per heavy atom. The molecule has 2 saturated heterocycles. The monoisotopic (exact) mass is 585 g/mol. The van der Waals surface area contributed by atoms with Crippen LogP contribution in [-0.4, -0.2) is 52.9 Å². The molecule has 2 aliphatic heterocycles. The molecule has 1 aromatic heterocycles. The molecule has 0 saturated carbocycles. The Balaban J connectivity index is 1.13. The second-order valence-electron chi connectivity index (χ2n) is 10.7. The van der Waals surface area contributed by atoms with Crippen LogP contribution in [0.5, 0.6) is 0 Å². The van der Waals surface area contributed by atoms with E-state index in [1.54, 1.807) is 24.0 Å². The van der Waals surface area contributed by atoms with Crippen molar-refractivity contribution < 1.29 is 27.3 Å². The highest BCUT2D eigenvalue weighted by Gasteiger charge is 2.34. The van der Waals surface area contributed by atoms with Gasteiger partial charge >= 0.3 is 6.18 Å². The second-order valence-corrected chi connectivity index (χ2v) is 11.1. The fraction of sp³-hybridized carbons (Fsp3) is 0.387. The molecule has 10 heteroatoms. The van der Waals surface area contributed by atoms with Gasteiger partial charge in [-0.25, -0.2) is 0 Å². The maximum Gasteiger partial charge on any atom is 0.416 e. The number of halogens is 4. The number of aromatic nitrogens is 1. The van der Waals surface area contributed by atoms with Crippen LogP contribution in [0.25, 0.3) is 17.3 Å². The quantitative estimate of drug-likeness (QED) is 0.299. The number of carbonyl (C=O) groups is 2. The first-order chi connectivity index (χ1) is 19.6. The smallest absolute Gasteiger partial charge is 0.360 e. The zero-order valence-corrected chi connectivity index (χ0v) is 23.4. The van der Waals surface area contributed by atoms with Gasteiger partial charge in [0.05, 0.1) is 10.6 Å². The Morgan fingerprint density at radius 3 is 2.22 bits per heavy atom. The van der Waals surface area contributed by atoms with Crippen molar-refractivity contribution in [1.82, 2.24) is 15.0 Å². The number of likely N-dealkylation sites (tertiary alicyclic amines) is 2. The summed E-state index contributed by atoms with van der Waals surface area (Å²) in [4.78, 5) is 29.8. The van der Waals surface area contributed by atoms with Gasteiger partial charge in [0.2, 0.25) is 5.91 Å². The summed E-state index contributed by atoms with van der Waals surface area (Å²) < 4.78 is 44.2. The van der Waals surface area contributed by atoms with Gasteiger partial charge in [0.25, 0.3) is 5.91 Å². The predicted octanol–water partition coefficient (Wildman–Crippen LogP) is 7.13. The van der Waals surface area contributed by atoms with Crippen LogP contribution >= 0.6 is 11.6 Å². The molecule has 0 radical (unpaired) electrons. The standard InChI is InChI=1S/C31H31ClF3N3O3/c1-20-28(29(36-41-20)25-7-2-3-8-26(25)32)30(40)38-17-13-23(14-18-38)22-11-15-37(16-12-22)27(39)10-9-21-5-4-6-24(19-21)31(33,34)35/h2-10,19,22-23H,11-18H2,1H3. The van der Waals surface area contributed by atoms with E-state index in [1.165, 1.54) is 18.2 Å². The van der Waals surface area contributed by atoms with Crippen LogP contribution in [0.1, 0.15) is 52.9 Å². The van der Waals surface area contributed by atoms with Crippen LogP contribution in [0.2, 0.25) is 5.02 Å². The van der Waals surface area contributed by atoms with Gasteiger partial charge in [-0.2, -0.15) is 13.2 Å². The highest BCUT2D eigenvalue weighted by Crippen LogP contribution is 2.36. The second kappa shape index (κ2) is 12.1. The van der Waals surface area contributed by atoms with E-state index < -0.39 is 11.7 Å². The van der Waals surface area contributed by atoms with E-state index in [1.807, 2.05) is 23.1 Å². The van der Waals surface area contributed by atoms with Gasteiger partial charge in [-0.05, 0) is 74.3 Å². The number of alkyl halides is 3. The first-order valence-electron chi connectivity index (χ1n) is 13.8. The maximum atomic E-state index is 13.5. The molecule has 5 rings (SSSR count). The number of hydrogen-bond acceptors (Lipinski definition) is 4. The van der Waals surface area contributed by atoms with Gasteiger partial charge in [0.1, 0.15) is 17.0 Å². The van der Waals surface area contributed by atoms with Crippen LogP contribution in [0.4, 0.5) is 13.2 Å². The highest BCUT2D eigenvalue weighted by molar-refractivity contribution is 6.33. The van der Waals surface area contributed by atoms with Crippen LogP contribution in [-0.2, 0) is 11.0 Å². The molecule has 0 aliphatic carbocycles. The summed E-state index contributed by atoms with van der Waals surface area (Å²) in [5.41, 5.74) is 1.17. The van der Waals surface area contributed by atoms with E-state index >= 15 is 0 Å². The Labute approximate surface area is 241 Å². The molecule has 0 spiro atoms. The normalized spacial score (nSPS) is 17.4. The van der Waals surface area contributed by atoms with E-state index in [4.69, 9.17) is 16.1 Å². The molecule has 2 aliphatic rings. The molecule has 2 fully saturated rings. The molecule has 216 valence electrons. The van der Waals surface area contributed by atoms with E-state index in [-0.39, 0.29) is 11.8 Å². The summed E-state index contributed by atoms with van der Waals surface area (Å²) in [7, 11) is 0. The van der Waals surface area contributed by atoms with E-state index in [9.17, 15) is 22.8 Å². The van der Waals surface area contributed by atoms with Gasteiger partial charge in [-0.15, -0.1) is 0 Å². The summed E-state index contributed by atoms with van der Waals surface area (Å²) in [5, 5.41) is 4.63. The van der Waals surface area contributed by atoms with Gasteiger partial charge in [-0.1, -0.05) is 47.1 Å². The van der Waals surface area contributed by atoms with Crippen molar-refractivity contribution in [2.24, 2.45) is 11.8 Å². The molecule has 0 atom stereocenters. The maximum absolute atomic E-state index is 13.5. The third kappa shape index (κ3) is 6.50. The van der Waals surface area contributed by atoms with Crippen molar-refractivity contribution in [1.29, 1.82) is 0 Å². The van der Waals surface area contributed by atoms with Gasteiger partial charge in [0, 0.05) is 37.8 Å². The lowest BCUT2D eigenvalue weighted by atomic mass is 9.78. The van der Waals surface area contributed by atoms with Crippen LogP contribution in [0, 0.1) is 18.8 Å². The minimum atomic E-state index is -4.42. The number of aryl methyl sites for hydroxylation is 1. The number of amides is 2. The van der Waals surface area contributed by atoms with Crippen molar-refractivity contribution in [3.05, 3.63) is 82.1 Å². The number of carbonyl (C=O) groups excluding carboxylic acids is 2. The van der Waals surface area contributed by atoms with Crippen molar-refractivity contribution in [2.45, 2.75) is 38.8 Å². The Kier molecular flexibility index (Phi) is 8.54. The highest BCUT2D eigenvalue weighted by atomic mass is 35.5. The first kappa shape index (κ1) is 28.9. The number of hydrogen-bond donors (Lipinski definition) is 0. The third-order valence-corrected chi connectivity index (χ3v) is 8.51. The fourth-order valence-corrected chi connectivity index (χ4v) is 6.10. The van der Waals surface area contributed by atoms with Crippen LogP contribution in [0.3, 0.4) is 0 Å². The summed E-state index contributed by atoms with van der Waals surface area (Å²) in [6, 6.07) is 12.2. The Bertz CT molecular complexity index is 1440. The number of benzene rings is 2. The largest absolute Gasteiger partial charge is 0.416 e. The Morgan fingerprint density at radius 2 is 1.59 bits per heavy atom. The van der Waals surface area contributed by atoms with Crippen LogP contribution < -0.4 is 0 Å². The number of rotatable bonds is 5. The topological polar surface area (TPSA) is 66.7 Å². The molecular weight excluding hydrogens is 555 g/mol. The Hall–Kier alpha value is -3.59. The molecule has 2 amide bonds. The van der Waals surface area contributed by atoms with Crippen molar-refractivity contribution in [3.63, 3.8) is 0 Å². The van der Waals surface area contributed by atoms with Gasteiger partial charge in [-0.3, -0.25) is 9.59 Å². The summed E-state index contributed by atoms with van der Waals surface area (Å²) >= 11 is 6.36. The molecule has 0 bridgehead atoms. The first-order valence-corrected chi connectivity index (χ1v) is 14.1. The van der Waals surface area contributed by atoms with Crippen molar-refractivity contribution in [3.8, 4) is 11.3 Å². The molecule has 41 heavy (non-hydrogen) atoms. The van der Waals surface area contributed by atoms with Gasteiger partial charge < -0.3 is 14.3 Å². The number of nitrogens with zero attached hydrogens (tertiary/aromatic N) is 3. The lowest BCUT2D eigenvalue weighted by Crippen LogP contribution is -2.43. The minimum Gasteiger partial charge on any atom is -0.360 e. The van der Waals surface area contributed by atoms with E-state index in [0.29, 0.717) is 71.2 Å². The zero-order valence-electron chi connectivity index (χ0n) is 22.7. The summed E-state index contributed by atoms with van der Waals surface area (Å²) in [5.74, 6) is 1.08. The molecule has 0 unspecified atom stereocenters. The average Bonchev–Trinajstić information content (AvgIpc) is 3.36. The number of piperidine rings is 2. The average molecular weight is 586 g/mol. The summed E-state index contributed by atoms with van der Waals surface area (Å²) in [6.07, 6.45) is 1.85. The van der Waals surface area contributed by atoms with E-state index in [2.05, 4.69) is 5.16 Å². The molecule has 0 N–H and O–H groups in total. The molecule has 6 nitrogen and oxygen atoms in total. The van der Waals surface area contributed by atoms with Crippen molar-refractivity contribution in [2.75, 3.05) is 26.2 Å². The van der Waals surface area contributed by atoms with E-state index in [0.717, 1.165) is 37.8 Å². The lowest BCUT2D eigenvalue weighted by molar-refractivity contribution is -0.137. The molecular formula is C31H31ClF3N3O3. The molecule has 2 aromatic carbocycles. The fourth-order valence-electron chi connectivity index (χ4n) is 5.88. The summed E-state index contributed by atoms with van der Waals surface area (Å²) in [6.45, 7) is 4.22. The van der Waals surface area contributed by atoms with Crippen molar-refractivity contribution >= 4 is 29.5 Å².